The monoisotopic (exact) mass is 261 g/mol. The molecule has 0 aromatic heterocycles. The molecule has 0 aliphatic rings. The Kier molecular flexibility index (Phi) is 7.08. The van der Waals surface area contributed by atoms with E-state index in [1.165, 1.54) is 5.56 Å². The van der Waals surface area contributed by atoms with Crippen LogP contribution in [0.2, 0.25) is 12.6 Å². The average Bonchev–Trinajstić information content (AvgIpc) is 2.44. The van der Waals surface area contributed by atoms with Gasteiger partial charge in [0, 0.05) is 5.82 Å². The molecule has 0 amide bonds. The van der Waals surface area contributed by atoms with E-state index in [0.29, 0.717) is 6.61 Å². The van der Waals surface area contributed by atoms with Crippen LogP contribution in [-0.2, 0) is 16.0 Å². The van der Waals surface area contributed by atoms with Crippen LogP contribution in [-0.4, -0.2) is 27.0 Å². The summed E-state index contributed by atoms with van der Waals surface area (Å²) >= 11 is 0. The zero-order valence-electron chi connectivity index (χ0n) is 12.0. The Labute approximate surface area is 116 Å². The molecule has 0 fully saturated rings. The van der Waals surface area contributed by atoms with Gasteiger partial charge in [0.25, 0.3) is 0 Å². The third kappa shape index (κ3) is 5.37. The smallest absolute Gasteiger partial charge is 0.300 e. The lowest BCUT2D eigenvalue weighted by Gasteiger charge is -2.12. The molecule has 0 saturated heterocycles. The largest absolute Gasteiger partial charge is 0.497 e. The Morgan fingerprint density at radius 3 is 2.53 bits per heavy atom. The second kappa shape index (κ2) is 8.62. The van der Waals surface area contributed by atoms with Crippen LogP contribution in [0.5, 0.6) is 5.75 Å². The first kappa shape index (κ1) is 15.6. The fraction of sp³-hybridized carbons (Fsp3) is 0.533. The number of carbonyl (C=O) groups excluding carboxylic acids is 1. The topological polar surface area (TPSA) is 35.5 Å². The van der Waals surface area contributed by atoms with Gasteiger partial charge in [-0.1, -0.05) is 19.0 Å². The molecule has 1 aromatic rings. The molecule has 1 atom stereocenters. The summed E-state index contributed by atoms with van der Waals surface area (Å²) in [5.74, 6) is 0.674. The molecular formula is C15H22BO3. The molecule has 0 saturated carbocycles. The molecular weight excluding hydrogens is 239 g/mol. The Morgan fingerprint density at radius 2 is 2.00 bits per heavy atom. The first-order valence-corrected chi connectivity index (χ1v) is 6.80. The summed E-state index contributed by atoms with van der Waals surface area (Å²) in [7, 11) is 3.59. The number of hydrogen-bond donors (Lipinski definition) is 0. The van der Waals surface area contributed by atoms with E-state index in [2.05, 4.69) is 12.1 Å². The van der Waals surface area contributed by atoms with E-state index in [-0.39, 0.29) is 11.8 Å². The molecule has 0 spiro atoms. The number of esters is 1. The van der Waals surface area contributed by atoms with E-state index in [1.807, 2.05) is 33.2 Å². The molecule has 0 aliphatic carbocycles. The Morgan fingerprint density at radius 1 is 1.32 bits per heavy atom. The minimum atomic E-state index is -0.111. The van der Waals surface area contributed by atoms with Gasteiger partial charge in [0.2, 0.25) is 0 Å². The van der Waals surface area contributed by atoms with Crippen molar-refractivity contribution in [2.45, 2.75) is 38.8 Å². The van der Waals surface area contributed by atoms with Gasteiger partial charge in [-0.15, -0.1) is 0 Å². The van der Waals surface area contributed by atoms with Gasteiger partial charge in [0.15, 0.2) is 0 Å². The molecule has 3 nitrogen and oxygen atoms in total. The lowest BCUT2D eigenvalue weighted by atomic mass is 9.65. The van der Waals surface area contributed by atoms with E-state index in [1.54, 1.807) is 7.11 Å². The van der Waals surface area contributed by atoms with Crippen LogP contribution < -0.4 is 4.74 Å². The molecule has 103 valence electrons. The SMILES string of the molecule is C[B]C(CCCc1ccc(OC)cc1)C(=O)OCC. The van der Waals surface area contributed by atoms with E-state index < -0.39 is 0 Å². The molecule has 0 heterocycles. The van der Waals surface area contributed by atoms with Crippen molar-refractivity contribution >= 4 is 13.2 Å². The van der Waals surface area contributed by atoms with Crippen molar-refractivity contribution in [3.63, 3.8) is 0 Å². The minimum absolute atomic E-state index is 0.0850. The summed E-state index contributed by atoms with van der Waals surface area (Å²) in [6.07, 6.45) is 2.77. The lowest BCUT2D eigenvalue weighted by Crippen LogP contribution is -2.16. The summed E-state index contributed by atoms with van der Waals surface area (Å²) in [6.45, 7) is 4.19. The van der Waals surface area contributed by atoms with Crippen LogP contribution in [0.1, 0.15) is 25.3 Å². The van der Waals surface area contributed by atoms with E-state index in [4.69, 9.17) is 9.47 Å². The lowest BCUT2D eigenvalue weighted by molar-refractivity contribution is -0.143. The fourth-order valence-corrected chi connectivity index (χ4v) is 1.99. The maximum atomic E-state index is 11.6. The molecule has 1 rings (SSSR count). The number of benzene rings is 1. The second-order valence-electron chi connectivity index (χ2n) is 4.43. The molecule has 1 radical (unpaired) electrons. The quantitative estimate of drug-likeness (QED) is 0.532. The average molecular weight is 261 g/mol. The van der Waals surface area contributed by atoms with Crippen LogP contribution in [0.4, 0.5) is 0 Å². The highest BCUT2D eigenvalue weighted by Gasteiger charge is 2.17. The van der Waals surface area contributed by atoms with Crippen molar-refractivity contribution < 1.29 is 14.3 Å². The van der Waals surface area contributed by atoms with Gasteiger partial charge in [-0.2, -0.15) is 0 Å². The van der Waals surface area contributed by atoms with Crippen LogP contribution in [0.25, 0.3) is 0 Å². The standard InChI is InChI=1S/C15H22BO3/c1-4-19-15(17)14(16-2)7-5-6-12-8-10-13(18-3)11-9-12/h8-11,14H,4-7H2,1-3H3. The molecule has 1 aromatic carbocycles. The van der Waals surface area contributed by atoms with Crippen molar-refractivity contribution in [2.75, 3.05) is 13.7 Å². The maximum absolute atomic E-state index is 11.6. The molecule has 0 bridgehead atoms. The third-order valence-electron chi connectivity index (χ3n) is 3.13. The van der Waals surface area contributed by atoms with Crippen molar-refractivity contribution in [3.8, 4) is 5.75 Å². The molecule has 0 N–H and O–H groups in total. The van der Waals surface area contributed by atoms with Gasteiger partial charge in [0.1, 0.15) is 13.0 Å². The molecule has 4 heteroatoms. The van der Waals surface area contributed by atoms with Crippen molar-refractivity contribution in [1.82, 2.24) is 0 Å². The van der Waals surface area contributed by atoms with Crippen LogP contribution in [0.3, 0.4) is 0 Å². The van der Waals surface area contributed by atoms with Crippen molar-refractivity contribution in [3.05, 3.63) is 29.8 Å². The fourth-order valence-electron chi connectivity index (χ4n) is 1.99. The van der Waals surface area contributed by atoms with Gasteiger partial charge in [0.05, 0.1) is 13.7 Å². The number of rotatable bonds is 8. The Bertz CT molecular complexity index is 375. The highest BCUT2D eigenvalue weighted by atomic mass is 16.5. The predicted octanol–water partition coefficient (Wildman–Crippen LogP) is 3.12. The molecule has 19 heavy (non-hydrogen) atoms. The Balaban J connectivity index is 2.36. The van der Waals surface area contributed by atoms with Crippen LogP contribution >= 0.6 is 0 Å². The number of carbonyl (C=O) groups is 1. The number of ether oxygens (including phenoxy) is 2. The van der Waals surface area contributed by atoms with Gasteiger partial charge in [-0.3, -0.25) is 4.79 Å². The zero-order valence-corrected chi connectivity index (χ0v) is 12.0. The van der Waals surface area contributed by atoms with E-state index >= 15 is 0 Å². The third-order valence-corrected chi connectivity index (χ3v) is 3.13. The minimum Gasteiger partial charge on any atom is -0.497 e. The van der Waals surface area contributed by atoms with Gasteiger partial charge in [-0.25, -0.2) is 0 Å². The van der Waals surface area contributed by atoms with Gasteiger partial charge < -0.3 is 9.47 Å². The maximum Gasteiger partial charge on any atom is 0.300 e. The van der Waals surface area contributed by atoms with Crippen molar-refractivity contribution in [1.29, 1.82) is 0 Å². The Hall–Kier alpha value is -1.45. The van der Waals surface area contributed by atoms with Crippen molar-refractivity contribution in [2.24, 2.45) is 0 Å². The van der Waals surface area contributed by atoms with Gasteiger partial charge >= 0.3 is 5.97 Å². The predicted molar refractivity (Wildman–Crippen MR) is 77.9 cm³/mol. The number of hydrogen-bond acceptors (Lipinski definition) is 3. The first-order chi connectivity index (χ1) is 9.21. The van der Waals surface area contributed by atoms with Gasteiger partial charge in [-0.05, 0) is 43.9 Å². The summed E-state index contributed by atoms with van der Waals surface area (Å²) in [6, 6.07) is 8.05. The number of methoxy groups -OCH3 is 1. The highest BCUT2D eigenvalue weighted by molar-refractivity contribution is 6.41. The summed E-state index contributed by atoms with van der Waals surface area (Å²) in [4.78, 5) is 11.6. The van der Waals surface area contributed by atoms with Crippen LogP contribution in [0.15, 0.2) is 24.3 Å². The normalized spacial score (nSPS) is 11.7. The number of aryl methyl sites for hydroxylation is 1. The van der Waals surface area contributed by atoms with Crippen LogP contribution in [0, 0.1) is 0 Å². The molecule has 1 unspecified atom stereocenters. The van der Waals surface area contributed by atoms with E-state index in [0.717, 1.165) is 25.0 Å². The summed E-state index contributed by atoms with van der Waals surface area (Å²) in [5, 5.41) is 0. The summed E-state index contributed by atoms with van der Waals surface area (Å²) < 4.78 is 10.2. The van der Waals surface area contributed by atoms with E-state index in [9.17, 15) is 4.79 Å². The summed E-state index contributed by atoms with van der Waals surface area (Å²) in [5.41, 5.74) is 1.26. The highest BCUT2D eigenvalue weighted by Crippen LogP contribution is 2.18. The molecule has 0 aliphatic heterocycles. The second-order valence-corrected chi connectivity index (χ2v) is 4.43. The zero-order chi connectivity index (χ0) is 14.1. The first-order valence-electron chi connectivity index (χ1n) is 6.80.